The quantitative estimate of drug-likeness (QED) is 0.634. The van der Waals surface area contributed by atoms with Gasteiger partial charge in [-0.25, -0.2) is 0 Å². The minimum Gasteiger partial charge on any atom is -0.383 e. The van der Waals surface area contributed by atoms with E-state index in [1.165, 1.54) is 11.3 Å². The molecule has 0 spiro atoms. The Morgan fingerprint density at radius 2 is 2.00 bits per heavy atom. The first-order valence-corrected chi connectivity index (χ1v) is 8.53. The number of amides is 1. The van der Waals surface area contributed by atoms with Gasteiger partial charge in [-0.15, -0.1) is 24.8 Å². The van der Waals surface area contributed by atoms with Crippen LogP contribution in [0.1, 0.15) is 25.3 Å². The van der Waals surface area contributed by atoms with Crippen LogP contribution in [0, 0.1) is 0 Å². The number of para-hydroxylation sites is 1. The number of hydrogen-bond donors (Lipinski definition) is 2. The van der Waals surface area contributed by atoms with Crippen molar-refractivity contribution in [2.75, 3.05) is 44.8 Å². The molecule has 1 unspecified atom stereocenters. The normalized spacial score (nSPS) is 15.6. The van der Waals surface area contributed by atoms with E-state index < -0.39 is 0 Å². The number of carbonyl (C=O) groups is 1. The van der Waals surface area contributed by atoms with Gasteiger partial charge in [-0.1, -0.05) is 18.2 Å². The standard InChI is InChI=1S/C18H29N3O2.2ClH/c1-15-7-8-16-5-3-4-6-17(16)21(15)13-9-18(22)20-11-10-19-12-14-23-2;;/h3-6,15,19H,7-14H2,1-2H3,(H,20,22);2*1H. The number of aryl methyl sites for hydroxylation is 1. The lowest BCUT2D eigenvalue weighted by Gasteiger charge is -2.37. The summed E-state index contributed by atoms with van der Waals surface area (Å²) in [6.45, 7) is 5.97. The molecule has 1 atom stereocenters. The van der Waals surface area contributed by atoms with Crippen LogP contribution in [-0.4, -0.2) is 51.8 Å². The number of hydrogen-bond acceptors (Lipinski definition) is 4. The number of carbonyl (C=O) groups excluding carboxylic acids is 1. The van der Waals surface area contributed by atoms with Gasteiger partial charge in [-0.05, 0) is 31.4 Å². The molecule has 1 aliphatic heterocycles. The lowest BCUT2D eigenvalue weighted by Crippen LogP contribution is -2.40. The summed E-state index contributed by atoms with van der Waals surface area (Å²) in [7, 11) is 1.68. The fourth-order valence-corrected chi connectivity index (χ4v) is 3.00. The van der Waals surface area contributed by atoms with Gasteiger partial charge in [0.2, 0.25) is 5.91 Å². The molecule has 0 saturated carbocycles. The Hall–Kier alpha value is -1.01. The highest BCUT2D eigenvalue weighted by molar-refractivity contribution is 5.85. The summed E-state index contributed by atoms with van der Waals surface area (Å²) in [6.07, 6.45) is 2.83. The van der Waals surface area contributed by atoms with Crippen molar-refractivity contribution in [1.82, 2.24) is 10.6 Å². The van der Waals surface area contributed by atoms with E-state index in [0.717, 1.165) is 32.5 Å². The number of nitrogens with zero attached hydrogens (tertiary/aromatic N) is 1. The zero-order chi connectivity index (χ0) is 16.5. The minimum atomic E-state index is 0. The van der Waals surface area contributed by atoms with Crippen molar-refractivity contribution in [2.24, 2.45) is 0 Å². The average Bonchev–Trinajstić information content (AvgIpc) is 2.57. The van der Waals surface area contributed by atoms with E-state index in [-0.39, 0.29) is 30.7 Å². The first-order chi connectivity index (χ1) is 11.2. The second-order valence-corrected chi connectivity index (χ2v) is 6.05. The Kier molecular flexibility index (Phi) is 12.7. The van der Waals surface area contributed by atoms with E-state index >= 15 is 0 Å². The Balaban J connectivity index is 0.00000288. The van der Waals surface area contributed by atoms with Gasteiger partial charge in [0.1, 0.15) is 0 Å². The largest absolute Gasteiger partial charge is 0.383 e. The molecule has 0 bridgehead atoms. The molecule has 0 aliphatic carbocycles. The molecule has 2 N–H and O–H groups in total. The summed E-state index contributed by atoms with van der Waals surface area (Å²) < 4.78 is 4.96. The van der Waals surface area contributed by atoms with Crippen LogP contribution in [0.15, 0.2) is 24.3 Å². The summed E-state index contributed by atoms with van der Waals surface area (Å²) in [5.74, 6) is 0.119. The third-order valence-electron chi connectivity index (χ3n) is 4.35. The number of methoxy groups -OCH3 is 1. The number of fused-ring (bicyclic) bond motifs is 1. The van der Waals surface area contributed by atoms with Crippen LogP contribution in [0.5, 0.6) is 0 Å². The fourth-order valence-electron chi connectivity index (χ4n) is 3.00. The van der Waals surface area contributed by atoms with Gasteiger partial charge < -0.3 is 20.3 Å². The maximum atomic E-state index is 12.0. The third kappa shape index (κ3) is 7.82. The maximum absolute atomic E-state index is 12.0. The predicted octanol–water partition coefficient (Wildman–Crippen LogP) is 2.41. The average molecular weight is 392 g/mol. The summed E-state index contributed by atoms with van der Waals surface area (Å²) in [5.41, 5.74) is 2.69. The van der Waals surface area contributed by atoms with Crippen molar-refractivity contribution in [2.45, 2.75) is 32.2 Å². The zero-order valence-corrected chi connectivity index (χ0v) is 16.8. The number of anilines is 1. The van der Waals surface area contributed by atoms with Crippen molar-refractivity contribution in [3.63, 3.8) is 0 Å². The fraction of sp³-hybridized carbons (Fsp3) is 0.611. The number of ether oxygens (including phenoxy) is 1. The molecule has 1 heterocycles. The van der Waals surface area contributed by atoms with Gasteiger partial charge in [-0.3, -0.25) is 4.79 Å². The molecule has 0 saturated heterocycles. The Morgan fingerprint density at radius 1 is 1.24 bits per heavy atom. The van der Waals surface area contributed by atoms with Crippen LogP contribution in [0.2, 0.25) is 0 Å². The molecule has 1 aromatic rings. The molecule has 7 heteroatoms. The highest BCUT2D eigenvalue weighted by atomic mass is 35.5. The number of benzene rings is 1. The van der Waals surface area contributed by atoms with E-state index in [1.54, 1.807) is 7.11 Å². The molecule has 0 radical (unpaired) electrons. The van der Waals surface area contributed by atoms with Crippen molar-refractivity contribution < 1.29 is 9.53 Å². The minimum absolute atomic E-state index is 0. The second-order valence-electron chi connectivity index (χ2n) is 6.05. The van der Waals surface area contributed by atoms with Gasteiger partial charge in [0.25, 0.3) is 0 Å². The van der Waals surface area contributed by atoms with Gasteiger partial charge in [-0.2, -0.15) is 0 Å². The molecule has 25 heavy (non-hydrogen) atoms. The van der Waals surface area contributed by atoms with Crippen molar-refractivity contribution >= 4 is 36.4 Å². The van der Waals surface area contributed by atoms with Crippen LogP contribution in [-0.2, 0) is 16.0 Å². The predicted molar refractivity (Wildman–Crippen MR) is 108 cm³/mol. The monoisotopic (exact) mass is 391 g/mol. The molecule has 0 aromatic heterocycles. The molecular weight excluding hydrogens is 361 g/mol. The van der Waals surface area contributed by atoms with E-state index in [2.05, 4.69) is 46.7 Å². The molecule has 1 aliphatic rings. The number of rotatable bonds is 9. The first-order valence-electron chi connectivity index (χ1n) is 8.53. The van der Waals surface area contributed by atoms with Gasteiger partial charge in [0, 0.05) is 51.4 Å². The Bertz CT molecular complexity index is 503. The smallest absolute Gasteiger partial charge is 0.221 e. The van der Waals surface area contributed by atoms with Crippen LogP contribution >= 0.6 is 24.8 Å². The molecule has 1 aromatic carbocycles. The van der Waals surface area contributed by atoms with Crippen LogP contribution < -0.4 is 15.5 Å². The van der Waals surface area contributed by atoms with Gasteiger partial charge >= 0.3 is 0 Å². The molecule has 0 fully saturated rings. The third-order valence-corrected chi connectivity index (χ3v) is 4.35. The Labute approximate surface area is 163 Å². The topological polar surface area (TPSA) is 53.6 Å². The first kappa shape index (κ1) is 24.0. The van der Waals surface area contributed by atoms with Crippen molar-refractivity contribution in [3.8, 4) is 0 Å². The lowest BCUT2D eigenvalue weighted by atomic mass is 9.96. The Morgan fingerprint density at radius 3 is 2.76 bits per heavy atom. The summed E-state index contributed by atoms with van der Waals surface area (Å²) in [5, 5.41) is 6.19. The maximum Gasteiger partial charge on any atom is 0.221 e. The van der Waals surface area contributed by atoms with Crippen LogP contribution in [0.3, 0.4) is 0 Å². The van der Waals surface area contributed by atoms with Crippen molar-refractivity contribution in [1.29, 1.82) is 0 Å². The van der Waals surface area contributed by atoms with Crippen LogP contribution in [0.4, 0.5) is 5.69 Å². The van der Waals surface area contributed by atoms with E-state index in [1.807, 2.05) is 0 Å². The summed E-state index contributed by atoms with van der Waals surface area (Å²) in [6, 6.07) is 9.03. The molecule has 144 valence electrons. The highest BCUT2D eigenvalue weighted by Crippen LogP contribution is 2.30. The van der Waals surface area contributed by atoms with Gasteiger partial charge in [0.15, 0.2) is 0 Å². The number of nitrogens with one attached hydrogen (secondary N) is 2. The SMILES string of the molecule is COCCNCCNC(=O)CCN1c2ccccc2CCC1C.Cl.Cl. The van der Waals surface area contributed by atoms with E-state index in [0.29, 0.717) is 25.6 Å². The number of halogens is 2. The summed E-state index contributed by atoms with van der Waals surface area (Å²) in [4.78, 5) is 14.4. The van der Waals surface area contributed by atoms with Crippen LogP contribution in [0.25, 0.3) is 0 Å². The summed E-state index contributed by atoms with van der Waals surface area (Å²) >= 11 is 0. The molecular formula is C18H31Cl2N3O2. The lowest BCUT2D eigenvalue weighted by molar-refractivity contribution is -0.120. The molecule has 2 rings (SSSR count). The molecule has 5 nitrogen and oxygen atoms in total. The van der Waals surface area contributed by atoms with Crippen molar-refractivity contribution in [3.05, 3.63) is 29.8 Å². The van der Waals surface area contributed by atoms with E-state index in [4.69, 9.17) is 4.74 Å². The molecule has 1 amide bonds. The van der Waals surface area contributed by atoms with Gasteiger partial charge in [0.05, 0.1) is 6.61 Å². The highest BCUT2D eigenvalue weighted by Gasteiger charge is 2.22. The second kappa shape index (κ2) is 13.2. The van der Waals surface area contributed by atoms with E-state index in [9.17, 15) is 4.79 Å². The zero-order valence-electron chi connectivity index (χ0n) is 15.1.